The average Bonchev–Trinajstić information content (AvgIpc) is 2.38. The van der Waals surface area contributed by atoms with Crippen LogP contribution in [0.25, 0.3) is 0 Å². The lowest BCUT2D eigenvalue weighted by molar-refractivity contribution is -0.132. The van der Waals surface area contributed by atoms with Crippen LogP contribution in [0.4, 0.5) is 0 Å². The molecule has 98 valence electrons. The number of carboxylic acids is 1. The van der Waals surface area contributed by atoms with Gasteiger partial charge in [-0.05, 0) is 25.3 Å². The number of allylic oxidation sites excluding steroid dienone is 2. The highest BCUT2D eigenvalue weighted by molar-refractivity contribution is 7.73. The monoisotopic (exact) mass is 269 g/mol. The molecule has 5 nitrogen and oxygen atoms in total. The number of carboxylic acid groups (broad SMARTS) is 1. The first-order valence-corrected chi connectivity index (χ1v) is 7.03. The molecule has 18 heavy (non-hydrogen) atoms. The van der Waals surface area contributed by atoms with Gasteiger partial charge >= 0.3 is 5.97 Å². The molecular formula is C12H15NO4S. The second kappa shape index (κ2) is 5.39. The predicted octanol–water partition coefficient (Wildman–Crippen LogP) is 0.822. The summed E-state index contributed by atoms with van der Waals surface area (Å²) in [7, 11) is -2.37. The van der Waals surface area contributed by atoms with Gasteiger partial charge in [0.25, 0.3) is 0 Å². The van der Waals surface area contributed by atoms with Gasteiger partial charge < -0.3 is 10.0 Å². The molecule has 0 bridgehead atoms. The number of aliphatic carboxylic acids is 1. The summed E-state index contributed by atoms with van der Waals surface area (Å²) in [5.74, 6) is -1.07. The fraction of sp³-hybridized carbons (Fsp3) is 0.500. The fourth-order valence-electron chi connectivity index (χ4n) is 2.39. The van der Waals surface area contributed by atoms with E-state index in [9.17, 15) is 18.3 Å². The fourth-order valence-corrected chi connectivity index (χ4v) is 3.02. The molecule has 1 aliphatic heterocycles. The van der Waals surface area contributed by atoms with Crippen molar-refractivity contribution in [1.29, 1.82) is 0 Å². The molecule has 0 unspecified atom stereocenters. The van der Waals surface area contributed by atoms with Crippen LogP contribution in [0.2, 0.25) is 0 Å². The van der Waals surface area contributed by atoms with Gasteiger partial charge in [-0.1, -0.05) is 6.08 Å². The van der Waals surface area contributed by atoms with E-state index in [1.165, 1.54) is 6.08 Å². The molecule has 0 spiro atoms. The third-order valence-corrected chi connectivity index (χ3v) is 3.97. The summed E-state index contributed by atoms with van der Waals surface area (Å²) in [4.78, 5) is 13.3. The smallest absolute Gasteiger partial charge is 0.337 e. The minimum atomic E-state index is -2.37. The van der Waals surface area contributed by atoms with Crippen molar-refractivity contribution in [2.24, 2.45) is 0 Å². The molecule has 0 radical (unpaired) electrons. The summed E-state index contributed by atoms with van der Waals surface area (Å²) in [5.41, 5.74) is 0.473. The van der Waals surface area contributed by atoms with Crippen LogP contribution in [0.15, 0.2) is 23.4 Å². The Morgan fingerprint density at radius 2 is 1.89 bits per heavy atom. The zero-order valence-corrected chi connectivity index (χ0v) is 10.7. The SMILES string of the molecule is O=C(O)C1=C(N2CCCCC2)C(=S(=O)=O)CC=C1. The predicted molar refractivity (Wildman–Crippen MR) is 67.8 cm³/mol. The number of rotatable bonds is 2. The molecule has 1 N–H and O–H groups in total. The molecule has 1 fully saturated rings. The summed E-state index contributed by atoms with van der Waals surface area (Å²) >= 11 is 0. The summed E-state index contributed by atoms with van der Waals surface area (Å²) < 4.78 is 22.5. The molecule has 0 aromatic heterocycles. The van der Waals surface area contributed by atoms with Gasteiger partial charge in [-0.15, -0.1) is 0 Å². The number of piperidine rings is 1. The zero-order valence-electron chi connectivity index (χ0n) is 9.92. The van der Waals surface area contributed by atoms with Gasteiger partial charge in [-0.2, -0.15) is 8.42 Å². The number of likely N-dealkylation sites (tertiary alicyclic amines) is 1. The van der Waals surface area contributed by atoms with E-state index >= 15 is 0 Å². The highest BCUT2D eigenvalue weighted by Gasteiger charge is 2.26. The van der Waals surface area contributed by atoms with Gasteiger partial charge in [0.2, 0.25) is 10.3 Å². The lowest BCUT2D eigenvalue weighted by Gasteiger charge is -2.32. The van der Waals surface area contributed by atoms with E-state index in [1.807, 2.05) is 4.90 Å². The quantitative estimate of drug-likeness (QED) is 0.751. The zero-order chi connectivity index (χ0) is 13.1. The van der Waals surface area contributed by atoms with E-state index in [4.69, 9.17) is 0 Å². The second-order valence-electron chi connectivity index (χ2n) is 4.38. The van der Waals surface area contributed by atoms with Crippen LogP contribution in [0, 0.1) is 0 Å². The van der Waals surface area contributed by atoms with Gasteiger partial charge in [0.05, 0.1) is 16.1 Å². The summed E-state index contributed by atoms with van der Waals surface area (Å²) in [5, 5.41) is 9.19. The Morgan fingerprint density at radius 3 is 2.44 bits per heavy atom. The van der Waals surface area contributed by atoms with Crippen LogP contribution >= 0.6 is 0 Å². The van der Waals surface area contributed by atoms with Gasteiger partial charge in [-0.3, -0.25) is 0 Å². The highest BCUT2D eigenvalue weighted by Crippen LogP contribution is 2.24. The Hall–Kier alpha value is -1.56. The van der Waals surface area contributed by atoms with Crippen LogP contribution in [-0.4, -0.2) is 42.3 Å². The van der Waals surface area contributed by atoms with E-state index in [1.54, 1.807) is 6.08 Å². The first-order valence-electron chi connectivity index (χ1n) is 5.96. The van der Waals surface area contributed by atoms with E-state index in [2.05, 4.69) is 0 Å². The van der Waals surface area contributed by atoms with Gasteiger partial charge in [-0.25, -0.2) is 4.79 Å². The minimum absolute atomic E-state index is 0.0855. The minimum Gasteiger partial charge on any atom is -0.478 e. The Morgan fingerprint density at radius 1 is 1.22 bits per heavy atom. The van der Waals surface area contributed by atoms with Crippen LogP contribution in [0.3, 0.4) is 0 Å². The molecule has 2 rings (SSSR count). The Labute approximate surface area is 107 Å². The maximum atomic E-state index is 11.3. The number of hydrogen-bond donors (Lipinski definition) is 1. The van der Waals surface area contributed by atoms with Gasteiger partial charge in [0.1, 0.15) is 0 Å². The normalized spacial score (nSPS) is 20.2. The van der Waals surface area contributed by atoms with E-state index < -0.39 is 16.3 Å². The first kappa shape index (κ1) is 12.9. The van der Waals surface area contributed by atoms with Crippen molar-refractivity contribution >= 4 is 21.1 Å². The first-order chi connectivity index (χ1) is 8.61. The van der Waals surface area contributed by atoms with E-state index in [0.29, 0.717) is 5.70 Å². The highest BCUT2D eigenvalue weighted by atomic mass is 32.2. The third kappa shape index (κ3) is 2.48. The van der Waals surface area contributed by atoms with Gasteiger partial charge in [0, 0.05) is 19.5 Å². The van der Waals surface area contributed by atoms with Crippen LogP contribution in [0.5, 0.6) is 0 Å². The molecule has 0 atom stereocenters. The maximum absolute atomic E-state index is 11.3. The molecule has 1 saturated heterocycles. The third-order valence-electron chi connectivity index (χ3n) is 3.21. The molecule has 0 aromatic rings. The van der Waals surface area contributed by atoms with Crippen molar-refractivity contribution in [2.75, 3.05) is 13.1 Å². The molecule has 0 aromatic carbocycles. The van der Waals surface area contributed by atoms with Crippen molar-refractivity contribution in [3.05, 3.63) is 23.4 Å². The molecule has 6 heteroatoms. The molecule has 0 amide bonds. The van der Waals surface area contributed by atoms with Crippen LogP contribution in [0.1, 0.15) is 25.7 Å². The summed E-state index contributed by atoms with van der Waals surface area (Å²) in [6.07, 6.45) is 6.42. The summed E-state index contributed by atoms with van der Waals surface area (Å²) in [6.45, 7) is 1.45. The van der Waals surface area contributed by atoms with Crippen molar-refractivity contribution in [2.45, 2.75) is 25.7 Å². The lowest BCUT2D eigenvalue weighted by Crippen LogP contribution is -2.35. The topological polar surface area (TPSA) is 74.7 Å². The maximum Gasteiger partial charge on any atom is 0.337 e. The Balaban J connectivity index is 2.53. The lowest BCUT2D eigenvalue weighted by atomic mass is 9.99. The van der Waals surface area contributed by atoms with Gasteiger partial charge in [0.15, 0.2) is 0 Å². The Bertz CT molecular complexity index is 543. The number of nitrogens with zero attached hydrogens (tertiary/aromatic N) is 1. The van der Waals surface area contributed by atoms with Crippen molar-refractivity contribution in [1.82, 2.24) is 4.90 Å². The van der Waals surface area contributed by atoms with Crippen molar-refractivity contribution in [3.63, 3.8) is 0 Å². The van der Waals surface area contributed by atoms with Crippen LogP contribution < -0.4 is 0 Å². The van der Waals surface area contributed by atoms with Crippen molar-refractivity contribution < 1.29 is 18.3 Å². The molecule has 0 saturated carbocycles. The van der Waals surface area contributed by atoms with Crippen LogP contribution in [-0.2, 0) is 15.1 Å². The number of hydrogen-bond acceptors (Lipinski definition) is 4. The molecule has 1 heterocycles. The summed E-state index contributed by atoms with van der Waals surface area (Å²) in [6, 6.07) is 0. The van der Waals surface area contributed by atoms with Crippen molar-refractivity contribution in [3.8, 4) is 0 Å². The van der Waals surface area contributed by atoms with E-state index in [-0.39, 0.29) is 16.9 Å². The standard InChI is InChI=1S/C12H15NO4S/c14-12(15)9-5-4-6-10(18(16)17)11(9)13-7-2-1-3-8-13/h4-5H,1-3,6-8H2,(H,14,15). The molecular weight excluding hydrogens is 254 g/mol. The largest absolute Gasteiger partial charge is 0.478 e. The Kier molecular flexibility index (Phi) is 3.86. The molecule has 1 aliphatic carbocycles. The number of carbonyl (C=O) groups is 1. The molecule has 2 aliphatic rings. The second-order valence-corrected chi connectivity index (χ2v) is 5.34. The average molecular weight is 269 g/mol. The van der Waals surface area contributed by atoms with E-state index in [0.717, 1.165) is 32.4 Å².